The Balaban J connectivity index is 1.99. The molecule has 1 unspecified atom stereocenters. The van der Waals surface area contributed by atoms with Crippen LogP contribution in [0.3, 0.4) is 0 Å². The van der Waals surface area contributed by atoms with Crippen molar-refractivity contribution < 1.29 is 9.90 Å². The third-order valence-corrected chi connectivity index (χ3v) is 3.66. The number of halogens is 1. The van der Waals surface area contributed by atoms with Crippen molar-refractivity contribution in [3.8, 4) is 5.75 Å². The Hall–Kier alpha value is -1.03. The van der Waals surface area contributed by atoms with E-state index in [4.69, 9.17) is 0 Å². The van der Waals surface area contributed by atoms with Gasteiger partial charge < -0.3 is 10.0 Å². The fraction of sp³-hybridized carbons (Fsp3) is 0.462. The standard InChI is InChI=1S/C13H16BrNO2/c14-7-5-10-6-8-15(9-10)13(17)11-1-3-12(16)4-2-11/h1-4,10,16H,5-9H2. The minimum atomic E-state index is 0.0714. The summed E-state index contributed by atoms with van der Waals surface area (Å²) in [7, 11) is 0. The Morgan fingerprint density at radius 3 is 2.76 bits per heavy atom. The first-order valence-electron chi connectivity index (χ1n) is 5.85. The number of hydrogen-bond donors (Lipinski definition) is 1. The average Bonchev–Trinajstić information content (AvgIpc) is 2.78. The van der Waals surface area contributed by atoms with Gasteiger partial charge in [-0.2, -0.15) is 0 Å². The molecule has 17 heavy (non-hydrogen) atoms. The summed E-state index contributed by atoms with van der Waals surface area (Å²) in [6.07, 6.45) is 2.22. The molecule has 1 aliphatic heterocycles. The van der Waals surface area contributed by atoms with Crippen molar-refractivity contribution in [2.45, 2.75) is 12.8 Å². The maximum atomic E-state index is 12.1. The summed E-state index contributed by atoms with van der Waals surface area (Å²) in [5.41, 5.74) is 0.655. The van der Waals surface area contributed by atoms with E-state index in [2.05, 4.69) is 15.9 Å². The first-order chi connectivity index (χ1) is 8.20. The van der Waals surface area contributed by atoms with Crippen LogP contribution < -0.4 is 0 Å². The number of aromatic hydroxyl groups is 1. The fourth-order valence-corrected chi connectivity index (χ4v) is 2.84. The molecule has 0 spiro atoms. The highest BCUT2D eigenvalue weighted by atomic mass is 79.9. The summed E-state index contributed by atoms with van der Waals surface area (Å²) < 4.78 is 0. The lowest BCUT2D eigenvalue weighted by Crippen LogP contribution is -2.28. The summed E-state index contributed by atoms with van der Waals surface area (Å²) in [6.45, 7) is 1.70. The van der Waals surface area contributed by atoms with Crippen molar-refractivity contribution in [3.05, 3.63) is 29.8 Å². The van der Waals surface area contributed by atoms with Crippen LogP contribution >= 0.6 is 15.9 Å². The van der Waals surface area contributed by atoms with E-state index in [0.717, 1.165) is 31.3 Å². The number of alkyl halides is 1. The van der Waals surface area contributed by atoms with Gasteiger partial charge in [0.05, 0.1) is 0 Å². The molecule has 0 aromatic heterocycles. The largest absolute Gasteiger partial charge is 0.508 e. The molecule has 1 N–H and O–H groups in total. The van der Waals surface area contributed by atoms with Gasteiger partial charge >= 0.3 is 0 Å². The lowest BCUT2D eigenvalue weighted by molar-refractivity contribution is 0.0787. The molecule has 1 saturated heterocycles. The molecule has 0 radical (unpaired) electrons. The summed E-state index contributed by atoms with van der Waals surface area (Å²) in [5.74, 6) is 0.887. The van der Waals surface area contributed by atoms with Crippen LogP contribution in [0.2, 0.25) is 0 Å². The number of amides is 1. The van der Waals surface area contributed by atoms with E-state index in [1.807, 2.05) is 4.90 Å². The highest BCUT2D eigenvalue weighted by Crippen LogP contribution is 2.22. The Morgan fingerprint density at radius 1 is 1.41 bits per heavy atom. The molecular weight excluding hydrogens is 282 g/mol. The van der Waals surface area contributed by atoms with Gasteiger partial charge in [-0.25, -0.2) is 0 Å². The number of hydrogen-bond acceptors (Lipinski definition) is 2. The third-order valence-electron chi connectivity index (χ3n) is 3.20. The highest BCUT2D eigenvalue weighted by Gasteiger charge is 2.26. The smallest absolute Gasteiger partial charge is 0.253 e. The van der Waals surface area contributed by atoms with Gasteiger partial charge in [0.25, 0.3) is 5.91 Å². The summed E-state index contributed by atoms with van der Waals surface area (Å²) in [6, 6.07) is 6.46. The molecule has 2 rings (SSSR count). The van der Waals surface area contributed by atoms with Gasteiger partial charge in [0.2, 0.25) is 0 Å². The zero-order chi connectivity index (χ0) is 12.3. The van der Waals surface area contributed by atoms with Crippen molar-refractivity contribution in [2.75, 3.05) is 18.4 Å². The lowest BCUT2D eigenvalue weighted by atomic mass is 10.1. The lowest BCUT2D eigenvalue weighted by Gasteiger charge is -2.16. The van der Waals surface area contributed by atoms with Crippen LogP contribution in [0.5, 0.6) is 5.75 Å². The van der Waals surface area contributed by atoms with Crippen molar-refractivity contribution in [1.82, 2.24) is 4.90 Å². The summed E-state index contributed by atoms with van der Waals surface area (Å²) in [5, 5.41) is 10.2. The molecule has 92 valence electrons. The number of likely N-dealkylation sites (tertiary alicyclic amines) is 1. The predicted molar refractivity (Wildman–Crippen MR) is 70.5 cm³/mol. The maximum absolute atomic E-state index is 12.1. The summed E-state index contributed by atoms with van der Waals surface area (Å²) >= 11 is 3.44. The van der Waals surface area contributed by atoms with E-state index in [9.17, 15) is 9.90 Å². The van der Waals surface area contributed by atoms with Crippen molar-refractivity contribution in [1.29, 1.82) is 0 Å². The highest BCUT2D eigenvalue weighted by molar-refractivity contribution is 9.09. The number of phenolic OH excluding ortho intramolecular Hbond substituents is 1. The maximum Gasteiger partial charge on any atom is 0.253 e. The molecule has 0 aliphatic carbocycles. The number of phenols is 1. The zero-order valence-electron chi connectivity index (χ0n) is 9.60. The van der Waals surface area contributed by atoms with Gasteiger partial charge in [-0.15, -0.1) is 0 Å². The van der Waals surface area contributed by atoms with Gasteiger partial charge in [0.1, 0.15) is 5.75 Å². The molecule has 1 atom stereocenters. The van der Waals surface area contributed by atoms with Crippen molar-refractivity contribution in [3.63, 3.8) is 0 Å². The van der Waals surface area contributed by atoms with Crippen molar-refractivity contribution >= 4 is 21.8 Å². The number of nitrogens with zero attached hydrogens (tertiary/aromatic N) is 1. The summed E-state index contributed by atoms with van der Waals surface area (Å²) in [4.78, 5) is 14.0. The molecular formula is C13H16BrNO2. The molecule has 4 heteroatoms. The van der Waals surface area contributed by atoms with Crippen LogP contribution in [0.4, 0.5) is 0 Å². The molecule has 1 aromatic carbocycles. The number of benzene rings is 1. The first-order valence-corrected chi connectivity index (χ1v) is 6.97. The fourth-order valence-electron chi connectivity index (χ4n) is 2.19. The van der Waals surface area contributed by atoms with E-state index in [-0.39, 0.29) is 11.7 Å². The molecule has 1 fully saturated rings. The van der Waals surface area contributed by atoms with E-state index in [1.54, 1.807) is 24.3 Å². The third kappa shape index (κ3) is 3.00. The van der Waals surface area contributed by atoms with E-state index in [0.29, 0.717) is 11.5 Å². The van der Waals surface area contributed by atoms with Crippen molar-refractivity contribution in [2.24, 2.45) is 5.92 Å². The number of carbonyl (C=O) groups is 1. The Labute approximate surface area is 110 Å². The molecule has 1 heterocycles. The molecule has 1 aromatic rings. The minimum Gasteiger partial charge on any atom is -0.508 e. The van der Waals surface area contributed by atoms with E-state index >= 15 is 0 Å². The predicted octanol–water partition coefficient (Wildman–Crippen LogP) is 2.64. The minimum absolute atomic E-state index is 0.0714. The second-order valence-electron chi connectivity index (χ2n) is 4.43. The first kappa shape index (κ1) is 12.4. The topological polar surface area (TPSA) is 40.5 Å². The zero-order valence-corrected chi connectivity index (χ0v) is 11.2. The molecule has 0 bridgehead atoms. The Morgan fingerprint density at radius 2 is 2.12 bits per heavy atom. The monoisotopic (exact) mass is 297 g/mol. The van der Waals surface area contributed by atoms with Crippen LogP contribution in [-0.2, 0) is 0 Å². The van der Waals surface area contributed by atoms with Gasteiger partial charge in [0.15, 0.2) is 0 Å². The average molecular weight is 298 g/mol. The van der Waals surface area contributed by atoms with Gasteiger partial charge in [-0.1, -0.05) is 15.9 Å². The van der Waals surface area contributed by atoms with Crippen LogP contribution in [0.25, 0.3) is 0 Å². The van der Waals surface area contributed by atoms with Crippen LogP contribution in [0.15, 0.2) is 24.3 Å². The normalized spacial score (nSPS) is 19.6. The van der Waals surface area contributed by atoms with Gasteiger partial charge in [-0.3, -0.25) is 4.79 Å². The second kappa shape index (κ2) is 5.54. The number of carbonyl (C=O) groups excluding carboxylic acids is 1. The number of rotatable bonds is 3. The van der Waals surface area contributed by atoms with Gasteiger partial charge in [-0.05, 0) is 43.0 Å². The van der Waals surface area contributed by atoms with Gasteiger partial charge in [0, 0.05) is 24.0 Å². The second-order valence-corrected chi connectivity index (χ2v) is 5.22. The SMILES string of the molecule is O=C(c1ccc(O)cc1)N1CCC(CCBr)C1. The Kier molecular flexibility index (Phi) is 4.05. The van der Waals surface area contributed by atoms with E-state index < -0.39 is 0 Å². The van der Waals surface area contributed by atoms with Crippen LogP contribution in [-0.4, -0.2) is 34.3 Å². The molecule has 1 amide bonds. The van der Waals surface area contributed by atoms with Crippen LogP contribution in [0, 0.1) is 5.92 Å². The van der Waals surface area contributed by atoms with E-state index in [1.165, 1.54) is 0 Å². The molecule has 3 nitrogen and oxygen atoms in total. The Bertz CT molecular complexity index is 391. The molecule has 1 aliphatic rings. The quantitative estimate of drug-likeness (QED) is 0.872. The molecule has 0 saturated carbocycles. The van der Waals surface area contributed by atoms with Crippen LogP contribution in [0.1, 0.15) is 23.2 Å².